The fraction of sp³-hybridized carbons (Fsp3) is 0.722. The van der Waals surface area contributed by atoms with E-state index in [9.17, 15) is 0 Å². The summed E-state index contributed by atoms with van der Waals surface area (Å²) in [7, 11) is 0. The SMILES string of the molecule is CCC1(CC)CN(Cc2cncc(C)c2)C(C2CC2)CN1. The number of pyridine rings is 1. The van der Waals surface area contributed by atoms with E-state index in [1.54, 1.807) is 0 Å². The van der Waals surface area contributed by atoms with Crippen LogP contribution in [0.25, 0.3) is 0 Å². The maximum absolute atomic E-state index is 4.37. The molecule has 0 aromatic carbocycles. The van der Waals surface area contributed by atoms with Crippen molar-refractivity contribution in [1.82, 2.24) is 15.2 Å². The van der Waals surface area contributed by atoms with Crippen LogP contribution >= 0.6 is 0 Å². The van der Waals surface area contributed by atoms with E-state index < -0.39 is 0 Å². The third kappa shape index (κ3) is 3.29. The Morgan fingerprint density at radius 2 is 2.05 bits per heavy atom. The summed E-state index contributed by atoms with van der Waals surface area (Å²) >= 11 is 0. The van der Waals surface area contributed by atoms with Crippen molar-refractivity contribution < 1.29 is 0 Å². The maximum Gasteiger partial charge on any atom is 0.0313 e. The summed E-state index contributed by atoms with van der Waals surface area (Å²) in [5, 5.41) is 3.87. The highest BCUT2D eigenvalue weighted by Crippen LogP contribution is 2.38. The minimum absolute atomic E-state index is 0.308. The second-order valence-electron chi connectivity index (χ2n) is 7.05. The summed E-state index contributed by atoms with van der Waals surface area (Å²) in [6.45, 7) is 10.2. The molecule has 3 heteroatoms. The highest BCUT2D eigenvalue weighted by molar-refractivity contribution is 5.17. The van der Waals surface area contributed by atoms with Crippen LogP contribution in [0.5, 0.6) is 0 Å². The third-order valence-corrected chi connectivity index (χ3v) is 5.50. The minimum Gasteiger partial charge on any atom is -0.308 e. The molecule has 2 heterocycles. The number of nitrogens with zero attached hydrogens (tertiary/aromatic N) is 2. The average Bonchev–Trinajstić information content (AvgIpc) is 3.32. The molecule has 1 saturated carbocycles. The summed E-state index contributed by atoms with van der Waals surface area (Å²) in [4.78, 5) is 7.10. The van der Waals surface area contributed by atoms with Crippen molar-refractivity contribution in [3.05, 3.63) is 29.6 Å². The van der Waals surface area contributed by atoms with Crippen molar-refractivity contribution in [2.45, 2.75) is 64.6 Å². The molecule has 1 aromatic rings. The van der Waals surface area contributed by atoms with E-state index >= 15 is 0 Å². The molecular formula is C18H29N3. The van der Waals surface area contributed by atoms with Crippen molar-refractivity contribution in [3.8, 4) is 0 Å². The molecule has 2 fully saturated rings. The lowest BCUT2D eigenvalue weighted by molar-refractivity contribution is 0.0556. The van der Waals surface area contributed by atoms with Crippen LogP contribution in [-0.2, 0) is 6.54 Å². The Labute approximate surface area is 129 Å². The predicted octanol–water partition coefficient (Wildman–Crippen LogP) is 3.13. The zero-order valence-corrected chi connectivity index (χ0v) is 13.7. The first-order chi connectivity index (χ1) is 10.2. The van der Waals surface area contributed by atoms with E-state index in [1.807, 2.05) is 12.4 Å². The molecule has 0 bridgehead atoms. The average molecular weight is 287 g/mol. The Hall–Kier alpha value is -0.930. The van der Waals surface area contributed by atoms with E-state index in [0.29, 0.717) is 5.54 Å². The third-order valence-electron chi connectivity index (χ3n) is 5.50. The largest absolute Gasteiger partial charge is 0.308 e. The van der Waals surface area contributed by atoms with Gasteiger partial charge in [0.05, 0.1) is 0 Å². The second-order valence-corrected chi connectivity index (χ2v) is 7.05. The van der Waals surface area contributed by atoms with Crippen LogP contribution < -0.4 is 5.32 Å². The van der Waals surface area contributed by atoms with Gasteiger partial charge in [0.2, 0.25) is 0 Å². The van der Waals surface area contributed by atoms with Crippen molar-refractivity contribution in [1.29, 1.82) is 0 Å². The van der Waals surface area contributed by atoms with E-state index in [-0.39, 0.29) is 0 Å². The van der Waals surface area contributed by atoms with Crippen LogP contribution in [0, 0.1) is 12.8 Å². The van der Waals surface area contributed by atoms with Crippen molar-refractivity contribution >= 4 is 0 Å². The lowest BCUT2D eigenvalue weighted by Crippen LogP contribution is -2.64. The number of aromatic nitrogens is 1. The van der Waals surface area contributed by atoms with E-state index in [0.717, 1.165) is 25.0 Å². The summed E-state index contributed by atoms with van der Waals surface area (Å²) in [5.74, 6) is 0.919. The van der Waals surface area contributed by atoms with Gasteiger partial charge in [0.15, 0.2) is 0 Å². The Bertz CT molecular complexity index is 477. The lowest BCUT2D eigenvalue weighted by atomic mass is 9.87. The van der Waals surface area contributed by atoms with Crippen LogP contribution in [0.15, 0.2) is 18.5 Å². The van der Waals surface area contributed by atoms with Crippen molar-refractivity contribution in [3.63, 3.8) is 0 Å². The molecule has 1 unspecified atom stereocenters. The molecule has 0 amide bonds. The highest BCUT2D eigenvalue weighted by Gasteiger charge is 2.42. The highest BCUT2D eigenvalue weighted by atomic mass is 15.3. The first-order valence-corrected chi connectivity index (χ1v) is 8.55. The monoisotopic (exact) mass is 287 g/mol. The molecule has 2 aliphatic rings. The Morgan fingerprint density at radius 3 is 2.67 bits per heavy atom. The molecule has 3 nitrogen and oxygen atoms in total. The van der Waals surface area contributed by atoms with Gasteiger partial charge in [-0.15, -0.1) is 0 Å². The molecule has 1 aliphatic carbocycles. The van der Waals surface area contributed by atoms with Crippen LogP contribution in [0.1, 0.15) is 50.7 Å². The molecule has 1 aliphatic heterocycles. The normalized spacial score (nSPS) is 26.0. The van der Waals surface area contributed by atoms with Crippen molar-refractivity contribution in [2.75, 3.05) is 13.1 Å². The van der Waals surface area contributed by atoms with Crippen LogP contribution in [-0.4, -0.2) is 34.6 Å². The standard InChI is InChI=1S/C18H29N3/c1-4-18(5-2)13-21(17(11-20-18)16-6-7-16)12-15-8-14(3)9-19-10-15/h8-10,16-17,20H,4-7,11-13H2,1-3H3. The van der Waals surface area contributed by atoms with Gasteiger partial charge in [-0.2, -0.15) is 0 Å². The van der Waals surface area contributed by atoms with Gasteiger partial charge in [-0.05, 0) is 49.7 Å². The van der Waals surface area contributed by atoms with Crippen LogP contribution in [0.3, 0.4) is 0 Å². The van der Waals surface area contributed by atoms with Crippen LogP contribution in [0.2, 0.25) is 0 Å². The van der Waals surface area contributed by atoms with Gasteiger partial charge in [-0.3, -0.25) is 9.88 Å². The molecule has 1 saturated heterocycles. The molecule has 0 spiro atoms. The fourth-order valence-corrected chi connectivity index (χ4v) is 3.79. The molecule has 1 N–H and O–H groups in total. The molecule has 1 atom stereocenters. The van der Waals surface area contributed by atoms with E-state index in [1.165, 1.54) is 43.4 Å². The van der Waals surface area contributed by atoms with Gasteiger partial charge >= 0.3 is 0 Å². The molecule has 21 heavy (non-hydrogen) atoms. The van der Waals surface area contributed by atoms with Gasteiger partial charge in [-0.25, -0.2) is 0 Å². The summed E-state index contributed by atoms with van der Waals surface area (Å²) in [6.07, 6.45) is 9.24. The molecule has 116 valence electrons. The van der Waals surface area contributed by atoms with Gasteiger partial charge in [0.1, 0.15) is 0 Å². The van der Waals surface area contributed by atoms with Gasteiger partial charge in [0.25, 0.3) is 0 Å². The second kappa shape index (κ2) is 6.05. The molecular weight excluding hydrogens is 258 g/mol. The summed E-state index contributed by atoms with van der Waals surface area (Å²) in [5.41, 5.74) is 2.94. The summed E-state index contributed by atoms with van der Waals surface area (Å²) in [6, 6.07) is 3.01. The quantitative estimate of drug-likeness (QED) is 0.902. The molecule has 0 radical (unpaired) electrons. The topological polar surface area (TPSA) is 28.2 Å². The van der Waals surface area contributed by atoms with Gasteiger partial charge in [-0.1, -0.05) is 19.9 Å². The number of piperazine rings is 1. The van der Waals surface area contributed by atoms with Crippen molar-refractivity contribution in [2.24, 2.45) is 5.92 Å². The number of aryl methyl sites for hydroxylation is 1. The Morgan fingerprint density at radius 1 is 1.29 bits per heavy atom. The Kier molecular flexibility index (Phi) is 4.32. The summed E-state index contributed by atoms with van der Waals surface area (Å²) < 4.78 is 0. The number of nitrogens with one attached hydrogen (secondary N) is 1. The fourth-order valence-electron chi connectivity index (χ4n) is 3.79. The minimum atomic E-state index is 0.308. The molecule has 1 aromatic heterocycles. The smallest absolute Gasteiger partial charge is 0.0313 e. The van der Waals surface area contributed by atoms with Crippen LogP contribution in [0.4, 0.5) is 0 Å². The maximum atomic E-state index is 4.37. The zero-order chi connectivity index (χ0) is 14.9. The first kappa shape index (κ1) is 15.0. The predicted molar refractivity (Wildman–Crippen MR) is 87.2 cm³/mol. The van der Waals surface area contributed by atoms with Gasteiger partial charge in [0, 0.05) is 43.6 Å². The molecule has 3 rings (SSSR count). The number of hydrogen-bond acceptors (Lipinski definition) is 3. The van der Waals surface area contributed by atoms with Gasteiger partial charge < -0.3 is 5.32 Å². The van der Waals surface area contributed by atoms with E-state index in [2.05, 4.69) is 42.0 Å². The number of hydrogen-bond donors (Lipinski definition) is 1. The zero-order valence-electron chi connectivity index (χ0n) is 13.7. The lowest BCUT2D eigenvalue weighted by Gasteiger charge is -2.48. The first-order valence-electron chi connectivity index (χ1n) is 8.55. The Balaban J connectivity index is 1.77. The number of rotatable bonds is 5. The van der Waals surface area contributed by atoms with E-state index in [4.69, 9.17) is 0 Å².